The molecule has 9 N–H and O–H groups in total. The van der Waals surface area contributed by atoms with E-state index in [1.165, 1.54) is 6.92 Å². The smallest absolute Gasteiger partial charge is 0.254 e. The van der Waals surface area contributed by atoms with Gasteiger partial charge in [-0.3, -0.25) is 0 Å². The number of aliphatic hydroxyl groups is 9. The van der Waals surface area contributed by atoms with Gasteiger partial charge in [-0.1, -0.05) is 0 Å². The van der Waals surface area contributed by atoms with Gasteiger partial charge in [0.2, 0.25) is 0 Å². The Balaban J connectivity index is 2.43. The number of rotatable bonds is 2. The van der Waals surface area contributed by atoms with Crippen molar-refractivity contribution < 1.29 is 55.4 Å². The summed E-state index contributed by atoms with van der Waals surface area (Å²) in [6, 6.07) is 0. The third-order valence-corrected chi connectivity index (χ3v) is 4.40. The number of ether oxygens (including phenoxy) is 2. The molecule has 0 aliphatic carbocycles. The summed E-state index contributed by atoms with van der Waals surface area (Å²) < 4.78 is 9.82. The minimum absolute atomic E-state index is 0.903. The minimum atomic E-state index is -3.21. The van der Waals surface area contributed by atoms with Crippen molar-refractivity contribution in [2.45, 2.75) is 67.3 Å². The topological polar surface area (TPSA) is 201 Å². The van der Waals surface area contributed by atoms with Crippen LogP contribution in [0.15, 0.2) is 0 Å². The Hall–Kier alpha value is -0.440. The molecule has 2 saturated heterocycles. The lowest BCUT2D eigenvalue weighted by atomic mass is 9.81. The first-order chi connectivity index (χ1) is 10.5. The van der Waals surface area contributed by atoms with Gasteiger partial charge in [0.05, 0.1) is 12.7 Å². The summed E-state index contributed by atoms with van der Waals surface area (Å²) in [7, 11) is 0. The molecule has 11 nitrogen and oxygen atoms in total. The van der Waals surface area contributed by atoms with Gasteiger partial charge < -0.3 is 55.4 Å². The largest absolute Gasteiger partial charge is 0.394 e. The highest BCUT2D eigenvalue weighted by Crippen LogP contribution is 2.43. The van der Waals surface area contributed by atoms with Crippen LogP contribution in [0.25, 0.3) is 0 Å². The Morgan fingerprint density at radius 1 is 0.739 bits per heavy atom. The van der Waals surface area contributed by atoms with Gasteiger partial charge >= 0.3 is 0 Å². The van der Waals surface area contributed by atoms with Crippen LogP contribution in [-0.2, 0) is 9.47 Å². The first-order valence-electron chi connectivity index (χ1n) is 7.01. The fraction of sp³-hybridized carbons (Fsp3) is 1.00. The Morgan fingerprint density at radius 3 is 1.65 bits per heavy atom. The lowest BCUT2D eigenvalue weighted by Crippen LogP contribution is -2.80. The molecule has 2 aliphatic rings. The molecular weight excluding hydrogens is 320 g/mol. The molecule has 2 aliphatic heterocycles. The molecule has 10 atom stereocenters. The second kappa shape index (κ2) is 6.13. The average molecular weight is 342 g/mol. The van der Waals surface area contributed by atoms with E-state index in [0.29, 0.717) is 0 Å². The Bertz CT molecular complexity index is 433. The van der Waals surface area contributed by atoms with Gasteiger partial charge in [-0.05, 0) is 6.92 Å². The number of hydrogen-bond donors (Lipinski definition) is 9. The van der Waals surface area contributed by atoms with Crippen LogP contribution in [0.2, 0.25) is 0 Å². The summed E-state index contributed by atoms with van der Waals surface area (Å²) in [4.78, 5) is 0. The van der Waals surface area contributed by atoms with Crippen LogP contribution >= 0.6 is 0 Å². The normalized spacial score (nSPS) is 58.2. The molecule has 0 amide bonds. The molecule has 0 aromatic heterocycles. The van der Waals surface area contributed by atoms with E-state index in [0.717, 1.165) is 0 Å². The standard InChI is InChI=1S/C12H22O11/c1-3-5(14)7(16)9(18)11(20,22-3)12(21)10(19)8(17)6(15)4(2-13)23-12/h3-10,13-21H,2H2,1H3/t3-,4-,5+,6+,7+,8+,9-,10-,11+,12+/m1/s1. The predicted molar refractivity (Wildman–Crippen MR) is 68.4 cm³/mol. The van der Waals surface area contributed by atoms with Crippen molar-refractivity contribution in [2.75, 3.05) is 6.61 Å². The maximum Gasteiger partial charge on any atom is 0.254 e. The molecule has 0 radical (unpaired) electrons. The molecule has 136 valence electrons. The second-order valence-corrected chi connectivity index (χ2v) is 5.91. The monoisotopic (exact) mass is 342 g/mol. The van der Waals surface area contributed by atoms with E-state index in [9.17, 15) is 40.9 Å². The fourth-order valence-corrected chi connectivity index (χ4v) is 2.86. The summed E-state index contributed by atoms with van der Waals surface area (Å²) in [5, 5.41) is 89.0. The van der Waals surface area contributed by atoms with Crippen molar-refractivity contribution >= 4 is 0 Å². The van der Waals surface area contributed by atoms with Crippen molar-refractivity contribution in [3.8, 4) is 0 Å². The van der Waals surface area contributed by atoms with E-state index in [2.05, 4.69) is 0 Å². The van der Waals surface area contributed by atoms with Crippen LogP contribution < -0.4 is 0 Å². The molecule has 0 aromatic rings. The van der Waals surface area contributed by atoms with Crippen LogP contribution in [0.5, 0.6) is 0 Å². The zero-order chi connectivity index (χ0) is 17.7. The Morgan fingerprint density at radius 2 is 1.17 bits per heavy atom. The zero-order valence-electron chi connectivity index (χ0n) is 12.2. The van der Waals surface area contributed by atoms with Crippen LogP contribution in [0.3, 0.4) is 0 Å². The van der Waals surface area contributed by atoms with Crippen LogP contribution in [0.1, 0.15) is 6.92 Å². The van der Waals surface area contributed by atoms with Crippen LogP contribution in [-0.4, -0.2) is 113 Å². The fourth-order valence-electron chi connectivity index (χ4n) is 2.86. The van der Waals surface area contributed by atoms with Crippen LogP contribution in [0, 0.1) is 0 Å². The highest BCUT2D eigenvalue weighted by molar-refractivity contribution is 5.09. The summed E-state index contributed by atoms with van der Waals surface area (Å²) in [6.45, 7) is 0.304. The molecule has 2 fully saturated rings. The quantitative estimate of drug-likeness (QED) is 0.231. The second-order valence-electron chi connectivity index (χ2n) is 5.91. The maximum absolute atomic E-state index is 10.5. The third kappa shape index (κ3) is 2.58. The molecule has 2 heterocycles. The highest BCUT2D eigenvalue weighted by atomic mass is 16.7. The molecule has 0 aromatic carbocycles. The maximum atomic E-state index is 10.5. The van der Waals surface area contributed by atoms with Crippen molar-refractivity contribution in [1.82, 2.24) is 0 Å². The van der Waals surface area contributed by atoms with Crippen molar-refractivity contribution in [1.29, 1.82) is 0 Å². The van der Waals surface area contributed by atoms with Crippen molar-refractivity contribution in [2.24, 2.45) is 0 Å². The first-order valence-corrected chi connectivity index (χ1v) is 7.01. The van der Waals surface area contributed by atoms with Gasteiger partial charge in [-0.25, -0.2) is 0 Å². The molecular formula is C12H22O11. The van der Waals surface area contributed by atoms with Gasteiger partial charge in [0, 0.05) is 0 Å². The lowest BCUT2D eigenvalue weighted by molar-refractivity contribution is -0.488. The van der Waals surface area contributed by atoms with Gasteiger partial charge in [-0.2, -0.15) is 0 Å². The van der Waals surface area contributed by atoms with Crippen molar-refractivity contribution in [3.05, 3.63) is 0 Å². The molecule has 11 heteroatoms. The number of aliphatic hydroxyl groups excluding tert-OH is 7. The average Bonchev–Trinajstić information content (AvgIpc) is 2.52. The lowest BCUT2D eigenvalue weighted by Gasteiger charge is -2.56. The molecule has 0 bridgehead atoms. The van der Waals surface area contributed by atoms with Crippen molar-refractivity contribution in [3.63, 3.8) is 0 Å². The Labute approximate surface area is 130 Å². The summed E-state index contributed by atoms with van der Waals surface area (Å²) in [5.41, 5.74) is 0. The highest BCUT2D eigenvalue weighted by Gasteiger charge is 2.70. The first kappa shape index (κ1) is 18.9. The molecule has 0 spiro atoms. The summed E-state index contributed by atoms with van der Waals surface area (Å²) in [6.07, 6.45) is -15.1. The molecule has 2 rings (SSSR count). The van der Waals surface area contributed by atoms with E-state index in [1.54, 1.807) is 0 Å². The zero-order valence-corrected chi connectivity index (χ0v) is 12.2. The van der Waals surface area contributed by atoms with Gasteiger partial charge in [-0.15, -0.1) is 0 Å². The number of hydrogen-bond acceptors (Lipinski definition) is 11. The molecule has 0 saturated carbocycles. The van der Waals surface area contributed by atoms with E-state index in [1.807, 2.05) is 0 Å². The predicted octanol–water partition coefficient (Wildman–Crippen LogP) is -5.66. The summed E-state index contributed by atoms with van der Waals surface area (Å²) in [5.74, 6) is -6.38. The Kier molecular flexibility index (Phi) is 5.03. The van der Waals surface area contributed by atoms with Gasteiger partial charge in [0.1, 0.15) is 42.7 Å². The van der Waals surface area contributed by atoms with E-state index in [4.69, 9.17) is 14.6 Å². The molecule has 23 heavy (non-hydrogen) atoms. The third-order valence-electron chi connectivity index (χ3n) is 4.40. The van der Waals surface area contributed by atoms with Gasteiger partial charge in [0.15, 0.2) is 0 Å². The van der Waals surface area contributed by atoms with E-state index in [-0.39, 0.29) is 0 Å². The molecule has 0 unspecified atom stereocenters. The van der Waals surface area contributed by atoms with Gasteiger partial charge in [0.25, 0.3) is 11.6 Å². The van der Waals surface area contributed by atoms with E-state index >= 15 is 0 Å². The van der Waals surface area contributed by atoms with Crippen LogP contribution in [0.4, 0.5) is 0 Å². The summed E-state index contributed by atoms with van der Waals surface area (Å²) >= 11 is 0. The van der Waals surface area contributed by atoms with E-state index < -0.39 is 67.0 Å². The minimum Gasteiger partial charge on any atom is -0.394 e. The SMILES string of the molecule is C[C@H]1O[C@](O)([C@@]2(O)O[C@H](CO)[C@H](O)[C@H](O)[C@H]2O)[C@H](O)[C@@H](O)[C@H]1O.